The highest BCUT2D eigenvalue weighted by Crippen LogP contribution is 2.34. The third kappa shape index (κ3) is 6.20. The van der Waals surface area contributed by atoms with Crippen LogP contribution >= 0.6 is 0 Å². The minimum absolute atomic E-state index is 0.155. The Morgan fingerprint density at radius 2 is 1.76 bits per heavy atom. The van der Waals surface area contributed by atoms with Crippen molar-refractivity contribution in [2.75, 3.05) is 38.5 Å². The summed E-state index contributed by atoms with van der Waals surface area (Å²) >= 11 is 0. The van der Waals surface area contributed by atoms with Crippen LogP contribution in [-0.2, 0) is 23.9 Å². The lowest BCUT2D eigenvalue weighted by Crippen LogP contribution is -2.44. The number of carbonyl (C=O) groups excluding carboxylic acids is 1. The zero-order chi connectivity index (χ0) is 26.7. The number of halogens is 3. The Balaban J connectivity index is 1.19. The highest BCUT2D eigenvalue weighted by molar-refractivity contribution is 5.91. The van der Waals surface area contributed by atoms with Crippen LogP contribution in [0.2, 0.25) is 0 Å². The van der Waals surface area contributed by atoms with Crippen LogP contribution in [0.3, 0.4) is 0 Å². The number of fused-ring (bicyclic) bond motifs is 1. The van der Waals surface area contributed by atoms with Crippen LogP contribution in [0.1, 0.15) is 23.1 Å². The standard InChI is InChI=1S/C28H29F3N6O/c1-36-10-12-37(13-11-36)18-21-7-8-24(15-25(21)28(29,30)31)34-26(38)9-4-19-2-5-20(6-3-19)22-14-23-17-33-35-27(23)32-16-22/h2-3,5-8,14-17H,4,9-13,18H2,1H3,(H,34,38)(H,32,33,35). The van der Waals surface area contributed by atoms with Gasteiger partial charge >= 0.3 is 6.18 Å². The largest absolute Gasteiger partial charge is 0.416 e. The predicted octanol–water partition coefficient (Wildman–Crippen LogP) is 4.96. The van der Waals surface area contributed by atoms with E-state index in [1.165, 1.54) is 6.07 Å². The summed E-state index contributed by atoms with van der Waals surface area (Å²) in [7, 11) is 2.01. The van der Waals surface area contributed by atoms with Crippen LogP contribution in [0.4, 0.5) is 18.9 Å². The van der Waals surface area contributed by atoms with Crippen molar-refractivity contribution >= 4 is 22.6 Å². The molecule has 5 rings (SSSR count). The number of anilines is 1. The highest BCUT2D eigenvalue weighted by Gasteiger charge is 2.34. The first-order chi connectivity index (χ1) is 18.2. The van der Waals surface area contributed by atoms with Crippen LogP contribution < -0.4 is 5.32 Å². The minimum Gasteiger partial charge on any atom is -0.326 e. The molecule has 1 amide bonds. The van der Waals surface area contributed by atoms with Crippen LogP contribution in [-0.4, -0.2) is 64.1 Å². The molecule has 3 heterocycles. The van der Waals surface area contributed by atoms with Gasteiger partial charge in [-0.25, -0.2) is 4.98 Å². The number of hydrogen-bond donors (Lipinski definition) is 2. The van der Waals surface area contributed by atoms with Crippen LogP contribution in [0.25, 0.3) is 22.2 Å². The summed E-state index contributed by atoms with van der Waals surface area (Å²) in [5.41, 5.74) is 3.31. The number of carbonyl (C=O) groups is 1. The Morgan fingerprint density at radius 1 is 1.00 bits per heavy atom. The average Bonchev–Trinajstić information content (AvgIpc) is 3.37. The number of nitrogens with one attached hydrogen (secondary N) is 2. The molecule has 1 fully saturated rings. The van der Waals surface area contributed by atoms with E-state index < -0.39 is 11.7 Å². The van der Waals surface area contributed by atoms with Gasteiger partial charge in [0.2, 0.25) is 5.91 Å². The summed E-state index contributed by atoms with van der Waals surface area (Å²) < 4.78 is 41.5. The molecule has 7 nitrogen and oxygen atoms in total. The van der Waals surface area contributed by atoms with E-state index in [0.29, 0.717) is 6.42 Å². The molecule has 0 aliphatic carbocycles. The maximum absolute atomic E-state index is 13.8. The molecule has 198 valence electrons. The smallest absolute Gasteiger partial charge is 0.326 e. The summed E-state index contributed by atoms with van der Waals surface area (Å²) in [6.07, 6.45) is -0.376. The van der Waals surface area contributed by atoms with E-state index >= 15 is 0 Å². The first-order valence-corrected chi connectivity index (χ1v) is 12.5. The summed E-state index contributed by atoms with van der Waals surface area (Å²) in [6, 6.07) is 13.9. The van der Waals surface area contributed by atoms with E-state index in [2.05, 4.69) is 25.4 Å². The third-order valence-corrected chi connectivity index (χ3v) is 6.91. The molecular formula is C28H29F3N6O. The summed E-state index contributed by atoms with van der Waals surface area (Å²) in [5.74, 6) is -0.330. The number of aromatic amines is 1. The van der Waals surface area contributed by atoms with Gasteiger partial charge in [0.15, 0.2) is 5.65 Å². The molecule has 0 bridgehead atoms. The Bertz CT molecular complexity index is 1410. The van der Waals surface area contributed by atoms with Crippen molar-refractivity contribution in [1.82, 2.24) is 25.0 Å². The van der Waals surface area contributed by atoms with Crippen molar-refractivity contribution in [2.24, 2.45) is 0 Å². The molecule has 0 unspecified atom stereocenters. The first kappa shape index (κ1) is 25.9. The molecule has 0 spiro atoms. The third-order valence-electron chi connectivity index (χ3n) is 6.91. The SMILES string of the molecule is CN1CCN(Cc2ccc(NC(=O)CCc3ccc(-c4cnc5[nH]ncc5c4)cc3)cc2C(F)(F)F)CC1. The molecule has 0 atom stereocenters. The number of H-pyrrole nitrogens is 1. The molecule has 2 aromatic heterocycles. The second-order valence-electron chi connectivity index (χ2n) is 9.73. The number of piperazine rings is 1. The van der Waals surface area contributed by atoms with E-state index in [0.717, 1.165) is 60.0 Å². The number of rotatable bonds is 7. The molecule has 1 aliphatic heterocycles. The van der Waals surface area contributed by atoms with E-state index in [1.807, 2.05) is 42.3 Å². The van der Waals surface area contributed by atoms with Gasteiger partial charge in [-0.1, -0.05) is 30.3 Å². The Morgan fingerprint density at radius 3 is 2.50 bits per heavy atom. The quantitative estimate of drug-likeness (QED) is 0.359. The zero-order valence-electron chi connectivity index (χ0n) is 21.1. The Kier molecular flexibility index (Phi) is 7.44. The molecule has 1 aliphatic rings. The fraction of sp³-hybridized carbons (Fsp3) is 0.321. The van der Waals surface area contributed by atoms with Gasteiger partial charge < -0.3 is 10.2 Å². The van der Waals surface area contributed by atoms with Crippen molar-refractivity contribution in [2.45, 2.75) is 25.6 Å². The maximum atomic E-state index is 13.8. The number of amides is 1. The Hall–Kier alpha value is -3.76. The molecule has 0 saturated carbocycles. The van der Waals surface area contributed by atoms with Crippen molar-refractivity contribution < 1.29 is 18.0 Å². The van der Waals surface area contributed by atoms with Gasteiger partial charge in [0.25, 0.3) is 0 Å². The maximum Gasteiger partial charge on any atom is 0.416 e. The predicted molar refractivity (Wildman–Crippen MR) is 140 cm³/mol. The molecule has 2 aromatic carbocycles. The summed E-state index contributed by atoms with van der Waals surface area (Å²) in [6.45, 7) is 3.35. The topological polar surface area (TPSA) is 77.1 Å². The number of aryl methyl sites for hydroxylation is 1. The second kappa shape index (κ2) is 10.9. The fourth-order valence-corrected chi connectivity index (χ4v) is 4.64. The molecule has 1 saturated heterocycles. The minimum atomic E-state index is -4.50. The molecule has 38 heavy (non-hydrogen) atoms. The number of aromatic nitrogens is 3. The number of pyridine rings is 1. The van der Waals surface area contributed by atoms with Gasteiger partial charge in [0, 0.05) is 62.0 Å². The molecule has 2 N–H and O–H groups in total. The van der Waals surface area contributed by atoms with Crippen molar-refractivity contribution in [3.05, 3.63) is 77.6 Å². The van der Waals surface area contributed by atoms with Gasteiger partial charge in [-0.15, -0.1) is 0 Å². The molecular weight excluding hydrogens is 493 g/mol. The zero-order valence-corrected chi connectivity index (χ0v) is 21.1. The fourth-order valence-electron chi connectivity index (χ4n) is 4.64. The normalized spacial score (nSPS) is 15.2. The lowest BCUT2D eigenvalue weighted by molar-refractivity contribution is -0.138. The average molecular weight is 523 g/mol. The van der Waals surface area contributed by atoms with Crippen molar-refractivity contribution in [1.29, 1.82) is 0 Å². The van der Waals surface area contributed by atoms with Crippen LogP contribution in [0.5, 0.6) is 0 Å². The van der Waals surface area contributed by atoms with Crippen LogP contribution in [0, 0.1) is 0 Å². The van der Waals surface area contributed by atoms with Gasteiger partial charge in [-0.05, 0) is 48.4 Å². The second-order valence-corrected chi connectivity index (χ2v) is 9.73. The Labute approximate surface area is 218 Å². The van der Waals surface area contributed by atoms with Crippen molar-refractivity contribution in [3.8, 4) is 11.1 Å². The van der Waals surface area contributed by atoms with Gasteiger partial charge in [-0.3, -0.25) is 14.8 Å². The van der Waals surface area contributed by atoms with Crippen molar-refractivity contribution in [3.63, 3.8) is 0 Å². The summed E-state index contributed by atoms with van der Waals surface area (Å²) in [5, 5.41) is 10.4. The van der Waals surface area contributed by atoms with Gasteiger partial charge in [0.05, 0.1) is 11.8 Å². The van der Waals surface area contributed by atoms with Gasteiger partial charge in [0.1, 0.15) is 0 Å². The van der Waals surface area contributed by atoms with E-state index in [1.54, 1.807) is 18.5 Å². The molecule has 4 aromatic rings. The monoisotopic (exact) mass is 522 g/mol. The number of benzene rings is 2. The lowest BCUT2D eigenvalue weighted by Gasteiger charge is -2.33. The van der Waals surface area contributed by atoms with E-state index in [4.69, 9.17) is 0 Å². The molecule has 0 radical (unpaired) electrons. The highest BCUT2D eigenvalue weighted by atomic mass is 19.4. The number of hydrogen-bond acceptors (Lipinski definition) is 5. The first-order valence-electron chi connectivity index (χ1n) is 12.5. The number of nitrogens with zero attached hydrogens (tertiary/aromatic N) is 4. The van der Waals surface area contributed by atoms with Gasteiger partial charge in [-0.2, -0.15) is 18.3 Å². The molecule has 10 heteroatoms. The number of alkyl halides is 3. The van der Waals surface area contributed by atoms with E-state index in [9.17, 15) is 18.0 Å². The lowest BCUT2D eigenvalue weighted by atomic mass is 10.0. The van der Waals surface area contributed by atoms with E-state index in [-0.39, 0.29) is 30.1 Å². The summed E-state index contributed by atoms with van der Waals surface area (Å²) in [4.78, 5) is 21.1. The number of likely N-dealkylation sites (N-methyl/N-ethyl adjacent to an activating group) is 1. The van der Waals surface area contributed by atoms with Crippen LogP contribution in [0.15, 0.2) is 60.9 Å².